The highest BCUT2D eigenvalue weighted by atomic mass is 19.4. The lowest BCUT2D eigenvalue weighted by Crippen LogP contribution is -2.04. The second-order valence-corrected chi connectivity index (χ2v) is 7.90. The highest BCUT2D eigenvalue weighted by Crippen LogP contribution is 2.35. The molecule has 0 unspecified atom stereocenters. The van der Waals surface area contributed by atoms with Crippen LogP contribution in [0.25, 0.3) is 44.4 Å². The summed E-state index contributed by atoms with van der Waals surface area (Å²) in [5.41, 5.74) is 2.19. The van der Waals surface area contributed by atoms with Crippen molar-refractivity contribution in [2.75, 3.05) is 0 Å². The minimum absolute atomic E-state index is 0.249. The van der Waals surface area contributed by atoms with Gasteiger partial charge in [-0.25, -0.2) is 4.98 Å². The average molecular weight is 459 g/mol. The highest BCUT2D eigenvalue weighted by molar-refractivity contribution is 5.94. The molecule has 0 spiro atoms. The fourth-order valence-corrected chi connectivity index (χ4v) is 4.10. The fraction of sp³-hybridized carbons (Fsp3) is 0.0800. The molecule has 0 amide bonds. The van der Waals surface area contributed by atoms with Gasteiger partial charge < -0.3 is 9.30 Å². The molecule has 0 saturated carbocycles. The number of H-pyrrole nitrogens is 1. The summed E-state index contributed by atoms with van der Waals surface area (Å²) in [4.78, 5) is 8.82. The van der Waals surface area contributed by atoms with Crippen LogP contribution in [-0.2, 0) is 13.2 Å². The Hall–Kier alpha value is -4.40. The van der Waals surface area contributed by atoms with Gasteiger partial charge >= 0.3 is 6.18 Å². The number of nitrogens with one attached hydrogen (secondary N) is 1. The third kappa shape index (κ3) is 3.24. The van der Waals surface area contributed by atoms with E-state index in [-0.39, 0.29) is 5.52 Å². The van der Waals surface area contributed by atoms with E-state index >= 15 is 0 Å². The van der Waals surface area contributed by atoms with Crippen LogP contribution < -0.4 is 4.74 Å². The molecule has 34 heavy (non-hydrogen) atoms. The van der Waals surface area contributed by atoms with E-state index in [1.807, 2.05) is 42.5 Å². The molecular formula is C25H16F3N5O. The van der Waals surface area contributed by atoms with Crippen molar-refractivity contribution in [1.82, 2.24) is 24.7 Å². The molecule has 3 heterocycles. The lowest BCUT2D eigenvalue weighted by Gasteiger charge is -2.09. The van der Waals surface area contributed by atoms with Crippen LogP contribution in [0.3, 0.4) is 0 Å². The van der Waals surface area contributed by atoms with Gasteiger partial charge in [0.05, 0.1) is 27.6 Å². The lowest BCUT2D eigenvalue weighted by molar-refractivity contribution is -0.137. The monoisotopic (exact) mass is 459 g/mol. The second kappa shape index (κ2) is 7.31. The Bertz CT molecular complexity index is 1700. The van der Waals surface area contributed by atoms with Crippen molar-refractivity contribution >= 4 is 32.8 Å². The molecule has 6 rings (SSSR count). The van der Waals surface area contributed by atoms with Gasteiger partial charge in [-0.05, 0) is 54.6 Å². The van der Waals surface area contributed by atoms with Gasteiger partial charge in [-0.15, -0.1) is 0 Å². The maximum absolute atomic E-state index is 13.2. The van der Waals surface area contributed by atoms with E-state index in [2.05, 4.69) is 20.2 Å². The van der Waals surface area contributed by atoms with Gasteiger partial charge in [0.15, 0.2) is 5.82 Å². The van der Waals surface area contributed by atoms with Crippen LogP contribution in [0.15, 0.2) is 72.9 Å². The first-order valence-electron chi connectivity index (χ1n) is 10.4. The molecule has 9 heteroatoms. The van der Waals surface area contributed by atoms with Crippen molar-refractivity contribution < 1.29 is 17.9 Å². The molecule has 6 nitrogen and oxygen atoms in total. The molecule has 0 saturated heterocycles. The number of hydrogen-bond acceptors (Lipinski definition) is 4. The third-order valence-electron chi connectivity index (χ3n) is 5.79. The largest absolute Gasteiger partial charge is 0.457 e. The molecule has 0 bridgehead atoms. The van der Waals surface area contributed by atoms with Crippen LogP contribution in [0.5, 0.6) is 11.5 Å². The van der Waals surface area contributed by atoms with Gasteiger partial charge in [0.2, 0.25) is 0 Å². The van der Waals surface area contributed by atoms with Crippen molar-refractivity contribution in [3.05, 3.63) is 78.5 Å². The number of aromatic nitrogens is 5. The number of halogens is 3. The molecule has 0 fully saturated rings. The average Bonchev–Trinajstić information content (AvgIpc) is 3.39. The van der Waals surface area contributed by atoms with Gasteiger partial charge in [-0.2, -0.15) is 18.3 Å². The first kappa shape index (κ1) is 20.2. The van der Waals surface area contributed by atoms with Crippen LogP contribution >= 0.6 is 0 Å². The minimum atomic E-state index is -4.44. The molecular weight excluding hydrogens is 443 g/mol. The van der Waals surface area contributed by atoms with Gasteiger partial charge in [-0.1, -0.05) is 12.1 Å². The molecule has 3 aromatic carbocycles. The first-order valence-corrected chi connectivity index (χ1v) is 10.4. The predicted octanol–water partition coefficient (Wildman–Crippen LogP) is 6.48. The summed E-state index contributed by atoms with van der Waals surface area (Å²) >= 11 is 0. The third-order valence-corrected chi connectivity index (χ3v) is 5.79. The molecule has 0 radical (unpaired) electrons. The van der Waals surface area contributed by atoms with E-state index in [4.69, 9.17) is 4.74 Å². The lowest BCUT2D eigenvalue weighted by atomic mass is 10.2. The van der Waals surface area contributed by atoms with Crippen LogP contribution in [0, 0.1) is 0 Å². The Morgan fingerprint density at radius 1 is 0.912 bits per heavy atom. The van der Waals surface area contributed by atoms with Crippen LogP contribution in [0.4, 0.5) is 13.2 Å². The Balaban J connectivity index is 1.44. The molecule has 0 atom stereocenters. The Labute approximate surface area is 190 Å². The normalized spacial score (nSPS) is 12.1. The summed E-state index contributed by atoms with van der Waals surface area (Å²) in [6.07, 6.45) is -2.75. The summed E-state index contributed by atoms with van der Waals surface area (Å²) in [5, 5.41) is 8.98. The maximum Gasteiger partial charge on any atom is 0.416 e. The Morgan fingerprint density at radius 3 is 2.62 bits per heavy atom. The number of fused-ring (bicyclic) bond motifs is 3. The number of imidazole rings is 1. The number of aryl methyl sites for hydroxylation is 1. The number of hydrogen-bond donors (Lipinski definition) is 1. The standard InChI is InChI=1S/C25H16F3N5O/c1-33-21-9-6-14(25(26,27)28)12-20(21)30-24(33)23-17-13-15(7-8-19(17)31-32-23)34-22-10-11-29-18-5-3-2-4-16(18)22/h2-13H,1H3,(H,31,32). The van der Waals surface area contributed by atoms with Gasteiger partial charge in [0.25, 0.3) is 0 Å². The number of para-hydroxylation sites is 1. The topological polar surface area (TPSA) is 68.6 Å². The van der Waals surface area contributed by atoms with E-state index in [9.17, 15) is 13.2 Å². The van der Waals surface area contributed by atoms with Gasteiger partial charge in [-0.3, -0.25) is 10.1 Å². The second-order valence-electron chi connectivity index (χ2n) is 7.90. The Kier molecular flexibility index (Phi) is 4.35. The van der Waals surface area contributed by atoms with Crippen LogP contribution in [0.2, 0.25) is 0 Å². The number of alkyl halides is 3. The quantitative estimate of drug-likeness (QED) is 0.329. The number of benzene rings is 3. The van der Waals surface area contributed by atoms with Crippen LogP contribution in [0.1, 0.15) is 5.56 Å². The van der Waals surface area contributed by atoms with Crippen molar-refractivity contribution in [2.24, 2.45) is 7.05 Å². The molecule has 0 aliphatic rings. The molecule has 1 N–H and O–H groups in total. The molecule has 0 aliphatic carbocycles. The zero-order chi connectivity index (χ0) is 23.4. The SMILES string of the molecule is Cn1c(-c2n[nH]c3ccc(Oc4ccnc5ccccc45)cc23)nc2cc(C(F)(F)F)ccc21. The van der Waals surface area contributed by atoms with Crippen molar-refractivity contribution in [3.63, 3.8) is 0 Å². The number of pyridine rings is 1. The summed E-state index contributed by atoms with van der Waals surface area (Å²) in [5.74, 6) is 1.70. The van der Waals surface area contributed by atoms with Gasteiger partial charge in [0.1, 0.15) is 17.2 Å². The smallest absolute Gasteiger partial charge is 0.416 e. The summed E-state index contributed by atoms with van der Waals surface area (Å²) in [7, 11) is 1.75. The van der Waals surface area contributed by atoms with Crippen LogP contribution in [-0.4, -0.2) is 24.7 Å². The minimum Gasteiger partial charge on any atom is -0.457 e. The van der Waals surface area contributed by atoms with E-state index in [0.717, 1.165) is 33.9 Å². The van der Waals surface area contributed by atoms with Crippen molar-refractivity contribution in [3.8, 4) is 23.0 Å². The maximum atomic E-state index is 13.2. The highest BCUT2D eigenvalue weighted by Gasteiger charge is 2.31. The predicted molar refractivity (Wildman–Crippen MR) is 123 cm³/mol. The molecule has 6 aromatic rings. The van der Waals surface area contributed by atoms with E-state index in [1.165, 1.54) is 6.07 Å². The van der Waals surface area contributed by atoms with Crippen molar-refractivity contribution in [2.45, 2.75) is 6.18 Å². The zero-order valence-electron chi connectivity index (χ0n) is 17.8. The summed E-state index contributed by atoms with van der Waals surface area (Å²) in [6.45, 7) is 0. The fourth-order valence-electron chi connectivity index (χ4n) is 4.10. The molecule has 3 aromatic heterocycles. The Morgan fingerprint density at radius 2 is 1.76 bits per heavy atom. The van der Waals surface area contributed by atoms with E-state index in [1.54, 1.807) is 23.9 Å². The van der Waals surface area contributed by atoms with Crippen molar-refractivity contribution in [1.29, 1.82) is 0 Å². The summed E-state index contributed by atoms with van der Waals surface area (Å²) < 4.78 is 47.4. The summed E-state index contributed by atoms with van der Waals surface area (Å²) in [6, 6.07) is 18.5. The number of rotatable bonds is 3. The number of aromatic amines is 1. The number of nitrogens with zero attached hydrogens (tertiary/aromatic N) is 4. The van der Waals surface area contributed by atoms with Gasteiger partial charge in [0, 0.05) is 24.0 Å². The molecule has 168 valence electrons. The zero-order valence-corrected chi connectivity index (χ0v) is 17.8. The molecule has 0 aliphatic heterocycles. The number of ether oxygens (including phenoxy) is 1. The first-order chi connectivity index (χ1) is 16.4. The van der Waals surface area contributed by atoms with E-state index < -0.39 is 11.7 Å². The van der Waals surface area contributed by atoms with E-state index in [0.29, 0.717) is 28.5 Å².